The summed E-state index contributed by atoms with van der Waals surface area (Å²) in [6, 6.07) is 4.13. The third-order valence-electron chi connectivity index (χ3n) is 4.55. The van der Waals surface area contributed by atoms with Gasteiger partial charge in [0.2, 0.25) is 15.9 Å². The zero-order valence-corrected chi connectivity index (χ0v) is 13.8. The maximum Gasteiger partial charge on any atom is 0.243 e. The van der Waals surface area contributed by atoms with Gasteiger partial charge in [-0.2, -0.15) is 0 Å². The molecule has 0 spiro atoms. The standard InChI is InChI=1S/C15H20FN3O4S/c16-10-3-1-2-4-13(10)24(22,23)18-11-5-6-12(15(11)21)19-8-7-17-14(20)9-19/h1-4,11-12,15,18,21H,5-9H2,(H,17,20)/t11-,12-,15-/m1/s1. The Hall–Kier alpha value is -1.55. The Morgan fingerprint density at radius 3 is 2.75 bits per heavy atom. The molecule has 1 amide bonds. The van der Waals surface area contributed by atoms with Crippen molar-refractivity contribution in [3.8, 4) is 0 Å². The summed E-state index contributed by atoms with van der Waals surface area (Å²) < 4.78 is 40.8. The number of amides is 1. The van der Waals surface area contributed by atoms with E-state index in [1.54, 1.807) is 0 Å². The van der Waals surface area contributed by atoms with Crippen molar-refractivity contribution in [2.45, 2.75) is 35.9 Å². The first kappa shape index (κ1) is 17.3. The van der Waals surface area contributed by atoms with E-state index in [1.807, 2.05) is 4.90 Å². The van der Waals surface area contributed by atoms with Crippen LogP contribution in [0, 0.1) is 5.82 Å². The minimum absolute atomic E-state index is 0.108. The molecule has 2 aliphatic rings. The summed E-state index contributed by atoms with van der Waals surface area (Å²) in [5.74, 6) is -0.939. The fourth-order valence-electron chi connectivity index (χ4n) is 3.35. The second-order valence-corrected chi connectivity index (χ2v) is 7.80. The summed E-state index contributed by atoms with van der Waals surface area (Å²) >= 11 is 0. The van der Waals surface area contributed by atoms with Crippen molar-refractivity contribution in [1.29, 1.82) is 0 Å². The van der Waals surface area contributed by atoms with Crippen LogP contribution in [0.3, 0.4) is 0 Å². The summed E-state index contributed by atoms with van der Waals surface area (Å²) in [5.41, 5.74) is 0. The van der Waals surface area contributed by atoms with E-state index in [1.165, 1.54) is 18.2 Å². The molecule has 0 aromatic heterocycles. The molecule has 1 aliphatic carbocycles. The number of rotatable bonds is 4. The normalized spacial score (nSPS) is 28.8. The molecule has 1 aromatic carbocycles. The Morgan fingerprint density at radius 2 is 2.04 bits per heavy atom. The number of nitrogens with zero attached hydrogens (tertiary/aromatic N) is 1. The minimum atomic E-state index is -4.06. The van der Waals surface area contributed by atoms with Gasteiger partial charge in [-0.1, -0.05) is 12.1 Å². The third-order valence-corrected chi connectivity index (χ3v) is 6.07. The highest BCUT2D eigenvalue weighted by atomic mass is 32.2. The van der Waals surface area contributed by atoms with Crippen LogP contribution in [0.5, 0.6) is 0 Å². The average molecular weight is 357 g/mol. The van der Waals surface area contributed by atoms with Gasteiger partial charge in [-0.25, -0.2) is 17.5 Å². The first-order chi connectivity index (χ1) is 11.4. The van der Waals surface area contributed by atoms with E-state index in [2.05, 4.69) is 10.0 Å². The van der Waals surface area contributed by atoms with E-state index in [4.69, 9.17) is 0 Å². The number of carbonyl (C=O) groups is 1. The quantitative estimate of drug-likeness (QED) is 0.670. The maximum absolute atomic E-state index is 13.7. The lowest BCUT2D eigenvalue weighted by Crippen LogP contribution is -2.55. The zero-order valence-electron chi connectivity index (χ0n) is 13.0. The summed E-state index contributed by atoms with van der Waals surface area (Å²) in [6.07, 6.45) is 0.0498. The van der Waals surface area contributed by atoms with Gasteiger partial charge in [0.25, 0.3) is 0 Å². The van der Waals surface area contributed by atoms with Gasteiger partial charge >= 0.3 is 0 Å². The lowest BCUT2D eigenvalue weighted by Gasteiger charge is -2.34. The molecule has 1 saturated carbocycles. The van der Waals surface area contributed by atoms with Gasteiger partial charge < -0.3 is 10.4 Å². The predicted molar refractivity (Wildman–Crippen MR) is 84.1 cm³/mol. The SMILES string of the molecule is O=C1CN([C@@H]2CC[C@@H](NS(=O)(=O)c3ccccc3F)[C@H]2O)CCN1. The minimum Gasteiger partial charge on any atom is -0.390 e. The topological polar surface area (TPSA) is 98.7 Å². The second kappa shape index (κ2) is 6.75. The number of sulfonamides is 1. The maximum atomic E-state index is 13.7. The van der Waals surface area contributed by atoms with Gasteiger partial charge in [-0.3, -0.25) is 9.69 Å². The average Bonchev–Trinajstić information content (AvgIpc) is 2.88. The van der Waals surface area contributed by atoms with Crippen LogP contribution < -0.4 is 10.0 Å². The molecule has 3 N–H and O–H groups in total. The third kappa shape index (κ3) is 3.44. The molecular weight excluding hydrogens is 337 g/mol. The van der Waals surface area contributed by atoms with Crippen molar-refractivity contribution < 1.29 is 22.7 Å². The van der Waals surface area contributed by atoms with Gasteiger partial charge in [-0.15, -0.1) is 0 Å². The van der Waals surface area contributed by atoms with E-state index >= 15 is 0 Å². The second-order valence-electron chi connectivity index (χ2n) is 6.11. The predicted octanol–water partition coefficient (Wildman–Crippen LogP) is -0.572. The van der Waals surface area contributed by atoms with E-state index in [0.717, 1.165) is 6.07 Å². The van der Waals surface area contributed by atoms with Gasteiger partial charge in [0.1, 0.15) is 10.7 Å². The highest BCUT2D eigenvalue weighted by molar-refractivity contribution is 7.89. The lowest BCUT2D eigenvalue weighted by atomic mass is 10.1. The van der Waals surface area contributed by atoms with E-state index in [0.29, 0.717) is 25.9 Å². The van der Waals surface area contributed by atoms with Crippen LogP contribution in [0.1, 0.15) is 12.8 Å². The largest absolute Gasteiger partial charge is 0.390 e. The van der Waals surface area contributed by atoms with Crippen LogP contribution in [0.2, 0.25) is 0 Å². The van der Waals surface area contributed by atoms with Crippen molar-refractivity contribution in [1.82, 2.24) is 14.9 Å². The van der Waals surface area contributed by atoms with E-state index < -0.39 is 32.9 Å². The molecular formula is C15H20FN3O4S. The molecule has 7 nitrogen and oxygen atoms in total. The Morgan fingerprint density at radius 1 is 1.29 bits per heavy atom. The van der Waals surface area contributed by atoms with Crippen LogP contribution in [-0.4, -0.2) is 62.2 Å². The Balaban J connectivity index is 1.70. The van der Waals surface area contributed by atoms with Gasteiger partial charge in [0.05, 0.1) is 12.6 Å². The van der Waals surface area contributed by atoms with Crippen molar-refractivity contribution in [3.05, 3.63) is 30.1 Å². The van der Waals surface area contributed by atoms with Gasteiger partial charge in [0.15, 0.2) is 0 Å². The summed E-state index contributed by atoms with van der Waals surface area (Å²) in [7, 11) is -4.06. The summed E-state index contributed by atoms with van der Waals surface area (Å²) in [4.78, 5) is 12.9. The molecule has 1 heterocycles. The zero-order chi connectivity index (χ0) is 17.3. The number of hydrogen-bond donors (Lipinski definition) is 3. The van der Waals surface area contributed by atoms with Gasteiger partial charge in [0, 0.05) is 25.2 Å². The highest BCUT2D eigenvalue weighted by Crippen LogP contribution is 2.27. The Labute approximate surface area is 139 Å². The van der Waals surface area contributed by atoms with Crippen molar-refractivity contribution in [3.63, 3.8) is 0 Å². The summed E-state index contributed by atoms with van der Waals surface area (Å²) in [6.45, 7) is 1.31. The molecule has 132 valence electrons. The number of piperazine rings is 1. The molecule has 1 aromatic rings. The molecule has 1 saturated heterocycles. The number of nitrogens with one attached hydrogen (secondary N) is 2. The number of carbonyl (C=O) groups excluding carboxylic acids is 1. The number of aliphatic hydroxyl groups is 1. The number of benzene rings is 1. The number of hydrogen-bond acceptors (Lipinski definition) is 5. The van der Waals surface area contributed by atoms with E-state index in [-0.39, 0.29) is 18.5 Å². The van der Waals surface area contributed by atoms with Crippen LogP contribution in [0.4, 0.5) is 4.39 Å². The molecule has 0 bridgehead atoms. The first-order valence-electron chi connectivity index (χ1n) is 7.84. The fourth-order valence-corrected chi connectivity index (χ4v) is 4.72. The van der Waals surface area contributed by atoms with Crippen LogP contribution in [-0.2, 0) is 14.8 Å². The fraction of sp³-hybridized carbons (Fsp3) is 0.533. The molecule has 0 radical (unpaired) electrons. The molecule has 24 heavy (non-hydrogen) atoms. The molecule has 3 rings (SSSR count). The van der Waals surface area contributed by atoms with Crippen molar-refractivity contribution >= 4 is 15.9 Å². The van der Waals surface area contributed by atoms with Crippen LogP contribution in [0.25, 0.3) is 0 Å². The van der Waals surface area contributed by atoms with Crippen LogP contribution >= 0.6 is 0 Å². The first-order valence-corrected chi connectivity index (χ1v) is 9.32. The van der Waals surface area contributed by atoms with Crippen LogP contribution in [0.15, 0.2) is 29.2 Å². The van der Waals surface area contributed by atoms with Gasteiger partial charge in [-0.05, 0) is 25.0 Å². The highest BCUT2D eigenvalue weighted by Gasteiger charge is 2.41. The molecule has 2 fully saturated rings. The Kier molecular flexibility index (Phi) is 4.86. The van der Waals surface area contributed by atoms with E-state index in [9.17, 15) is 22.7 Å². The smallest absolute Gasteiger partial charge is 0.243 e. The molecule has 3 atom stereocenters. The molecule has 1 aliphatic heterocycles. The summed E-state index contributed by atoms with van der Waals surface area (Å²) in [5, 5.41) is 13.2. The molecule has 9 heteroatoms. The lowest BCUT2D eigenvalue weighted by molar-refractivity contribution is -0.125. The monoisotopic (exact) mass is 357 g/mol. The number of aliphatic hydroxyl groups excluding tert-OH is 1. The Bertz CT molecular complexity index is 727. The number of halogens is 1. The molecule has 0 unspecified atom stereocenters. The van der Waals surface area contributed by atoms with Crippen molar-refractivity contribution in [2.75, 3.05) is 19.6 Å². The van der Waals surface area contributed by atoms with Crippen molar-refractivity contribution in [2.24, 2.45) is 0 Å².